The Labute approximate surface area is 240 Å². The number of hydrogen-bond acceptors (Lipinski definition) is 0. The molecule has 0 aliphatic carbocycles. The Kier molecular flexibility index (Phi) is 8.73. The Balaban J connectivity index is 2.00. The van der Waals surface area contributed by atoms with Gasteiger partial charge in [-0.15, -0.1) is 0 Å². The molecule has 0 heterocycles. The maximum Gasteiger partial charge on any atom is 0.130 e. The third-order valence-electron chi connectivity index (χ3n) is 7.02. The first kappa shape index (κ1) is 30.2. The molecule has 0 aromatic heterocycles. The highest BCUT2D eigenvalue weighted by molar-refractivity contribution is 6.37. The summed E-state index contributed by atoms with van der Waals surface area (Å²) in [6, 6.07) is 10.3. The van der Waals surface area contributed by atoms with Crippen LogP contribution in [0.1, 0.15) is 81.8 Å². The molecular weight excluding hydrogens is 552 g/mol. The van der Waals surface area contributed by atoms with Crippen molar-refractivity contribution in [2.24, 2.45) is 0 Å². The molecule has 0 bridgehead atoms. The van der Waals surface area contributed by atoms with E-state index in [1.54, 1.807) is 20.8 Å². The van der Waals surface area contributed by atoms with Crippen LogP contribution in [-0.4, -0.2) is 0 Å². The molecule has 0 aliphatic heterocycles. The van der Waals surface area contributed by atoms with Crippen LogP contribution in [-0.2, 0) is 29.1 Å². The van der Waals surface area contributed by atoms with Gasteiger partial charge in [-0.2, -0.15) is 0 Å². The molecule has 0 unspecified atom stereocenters. The van der Waals surface area contributed by atoms with E-state index in [1.165, 1.54) is 12.1 Å². The Hall–Kier alpha value is -1.32. The summed E-state index contributed by atoms with van der Waals surface area (Å²) >= 11 is 26.8. The molecule has 0 N–H and O–H groups in total. The average molecular weight is 586 g/mol. The molecule has 37 heavy (non-hydrogen) atoms. The Bertz CT molecular complexity index is 1290. The van der Waals surface area contributed by atoms with Crippen LogP contribution in [0.25, 0.3) is 0 Å². The van der Waals surface area contributed by atoms with Crippen LogP contribution < -0.4 is 0 Å². The Morgan fingerprint density at radius 2 is 1.14 bits per heavy atom. The van der Waals surface area contributed by atoms with Gasteiger partial charge in [0.1, 0.15) is 11.6 Å². The van der Waals surface area contributed by atoms with E-state index in [4.69, 9.17) is 46.4 Å². The van der Waals surface area contributed by atoms with Gasteiger partial charge in [0, 0.05) is 25.7 Å². The summed E-state index contributed by atoms with van der Waals surface area (Å²) in [6.07, 6.45) is 0.983. The standard InChI is InChI=1S/C31H34Cl4F2/c1-17-19(16-31(7,8)25-20(32)10-9-11-21(25)33)14-22(34)26(28(17)35)30(5,6)15-18-12-23(36)27(24(37)13-18)29(2,3)4/h9-14H,15-16H2,1-8H3. The molecule has 3 aromatic rings. The highest BCUT2D eigenvalue weighted by atomic mass is 35.5. The summed E-state index contributed by atoms with van der Waals surface area (Å²) in [7, 11) is 0. The minimum absolute atomic E-state index is 0.0894. The van der Waals surface area contributed by atoms with Crippen LogP contribution in [0.15, 0.2) is 36.4 Å². The molecule has 0 amide bonds. The normalized spacial score (nSPS) is 12.8. The van der Waals surface area contributed by atoms with Gasteiger partial charge >= 0.3 is 0 Å². The van der Waals surface area contributed by atoms with Crippen molar-refractivity contribution in [2.75, 3.05) is 0 Å². The second-order valence-corrected chi connectivity index (χ2v) is 13.8. The van der Waals surface area contributed by atoms with Crippen molar-refractivity contribution in [1.29, 1.82) is 0 Å². The third kappa shape index (κ3) is 6.30. The first-order valence-electron chi connectivity index (χ1n) is 12.3. The van der Waals surface area contributed by atoms with E-state index < -0.39 is 22.5 Å². The first-order chi connectivity index (χ1) is 16.9. The predicted molar refractivity (Wildman–Crippen MR) is 156 cm³/mol. The van der Waals surface area contributed by atoms with Gasteiger partial charge in [0.25, 0.3) is 0 Å². The molecule has 0 spiro atoms. The number of benzene rings is 3. The lowest BCUT2D eigenvalue weighted by atomic mass is 9.75. The van der Waals surface area contributed by atoms with Crippen molar-refractivity contribution in [2.45, 2.75) is 84.5 Å². The Morgan fingerprint density at radius 3 is 1.62 bits per heavy atom. The number of hydrogen-bond donors (Lipinski definition) is 0. The summed E-state index contributed by atoms with van der Waals surface area (Å²) in [5, 5.41) is 2.30. The lowest BCUT2D eigenvalue weighted by Crippen LogP contribution is -2.25. The van der Waals surface area contributed by atoms with E-state index >= 15 is 0 Å². The van der Waals surface area contributed by atoms with Gasteiger partial charge < -0.3 is 0 Å². The van der Waals surface area contributed by atoms with Crippen LogP contribution in [0.2, 0.25) is 20.1 Å². The molecule has 3 aromatic carbocycles. The monoisotopic (exact) mass is 584 g/mol. The van der Waals surface area contributed by atoms with E-state index in [1.807, 2.05) is 45.0 Å². The van der Waals surface area contributed by atoms with E-state index in [0.29, 0.717) is 38.5 Å². The summed E-state index contributed by atoms with van der Waals surface area (Å²) < 4.78 is 29.8. The minimum Gasteiger partial charge on any atom is -0.207 e. The third-order valence-corrected chi connectivity index (χ3v) is 8.42. The average Bonchev–Trinajstić information content (AvgIpc) is 2.69. The summed E-state index contributed by atoms with van der Waals surface area (Å²) in [6.45, 7) is 15.5. The van der Waals surface area contributed by atoms with Gasteiger partial charge in [-0.25, -0.2) is 8.78 Å². The van der Waals surface area contributed by atoms with Gasteiger partial charge in [-0.05, 0) is 94.2 Å². The fourth-order valence-corrected chi connectivity index (χ4v) is 7.24. The molecule has 3 rings (SSSR count). The first-order valence-corrected chi connectivity index (χ1v) is 13.8. The SMILES string of the molecule is Cc1c(CC(C)(C)c2c(Cl)cccc2Cl)cc(Cl)c(C(C)(C)Cc2cc(F)c(C(C)(C)C)c(F)c2)c1Cl. The number of halogens is 6. The minimum atomic E-state index is -0.635. The van der Waals surface area contributed by atoms with Gasteiger partial charge in [0.05, 0.1) is 0 Å². The molecule has 0 saturated carbocycles. The van der Waals surface area contributed by atoms with E-state index in [9.17, 15) is 8.78 Å². The molecule has 200 valence electrons. The van der Waals surface area contributed by atoms with Gasteiger partial charge in [0.15, 0.2) is 0 Å². The zero-order chi connectivity index (χ0) is 28.1. The van der Waals surface area contributed by atoms with Crippen molar-refractivity contribution in [3.05, 3.63) is 102 Å². The molecule has 0 fully saturated rings. The smallest absolute Gasteiger partial charge is 0.130 e. The highest BCUT2D eigenvalue weighted by Gasteiger charge is 2.32. The van der Waals surface area contributed by atoms with Crippen LogP contribution in [0.5, 0.6) is 0 Å². The lowest BCUT2D eigenvalue weighted by molar-refractivity contribution is 0.468. The summed E-state index contributed by atoms with van der Waals surface area (Å²) in [5.41, 5.74) is 2.57. The molecular formula is C31H34Cl4F2. The number of rotatable bonds is 6. The van der Waals surface area contributed by atoms with E-state index in [2.05, 4.69) is 13.8 Å². The van der Waals surface area contributed by atoms with Crippen LogP contribution in [0.4, 0.5) is 8.78 Å². The Morgan fingerprint density at radius 1 is 0.649 bits per heavy atom. The second kappa shape index (κ2) is 10.7. The molecule has 0 saturated heterocycles. The van der Waals surface area contributed by atoms with Gasteiger partial charge in [-0.3, -0.25) is 0 Å². The topological polar surface area (TPSA) is 0 Å². The molecule has 0 atom stereocenters. The zero-order valence-corrected chi connectivity index (χ0v) is 25.7. The maximum absolute atomic E-state index is 14.9. The quantitative estimate of drug-likeness (QED) is 0.270. The second-order valence-electron chi connectivity index (χ2n) is 12.2. The van der Waals surface area contributed by atoms with Crippen molar-refractivity contribution in [3.8, 4) is 0 Å². The van der Waals surface area contributed by atoms with Gasteiger partial charge in [-0.1, -0.05) is 101 Å². The fourth-order valence-electron chi connectivity index (χ4n) is 5.32. The molecule has 6 heteroatoms. The van der Waals surface area contributed by atoms with E-state index in [-0.39, 0.29) is 11.0 Å². The predicted octanol–water partition coefficient (Wildman–Crippen LogP) is 11.2. The van der Waals surface area contributed by atoms with Crippen LogP contribution in [0.3, 0.4) is 0 Å². The fraction of sp³-hybridized carbons (Fsp3) is 0.419. The van der Waals surface area contributed by atoms with Gasteiger partial charge in [0.2, 0.25) is 0 Å². The molecule has 0 radical (unpaired) electrons. The van der Waals surface area contributed by atoms with E-state index in [0.717, 1.165) is 22.3 Å². The van der Waals surface area contributed by atoms with Crippen molar-refractivity contribution < 1.29 is 8.78 Å². The van der Waals surface area contributed by atoms with Crippen molar-refractivity contribution in [3.63, 3.8) is 0 Å². The van der Waals surface area contributed by atoms with Crippen LogP contribution >= 0.6 is 46.4 Å². The van der Waals surface area contributed by atoms with Crippen LogP contribution in [0, 0.1) is 18.6 Å². The largest absolute Gasteiger partial charge is 0.207 e. The highest BCUT2D eigenvalue weighted by Crippen LogP contribution is 2.44. The summed E-state index contributed by atoms with van der Waals surface area (Å²) in [4.78, 5) is 0. The lowest BCUT2D eigenvalue weighted by Gasteiger charge is -2.32. The van der Waals surface area contributed by atoms with Crippen molar-refractivity contribution in [1.82, 2.24) is 0 Å². The zero-order valence-electron chi connectivity index (χ0n) is 22.6. The van der Waals surface area contributed by atoms with Crippen molar-refractivity contribution >= 4 is 46.4 Å². The summed E-state index contributed by atoms with van der Waals surface area (Å²) in [5.74, 6) is -1.08. The molecule has 0 nitrogen and oxygen atoms in total. The molecule has 0 aliphatic rings. The maximum atomic E-state index is 14.9.